The molecular weight excluding hydrogens is 440 g/mol. The summed E-state index contributed by atoms with van der Waals surface area (Å²) in [5, 5.41) is 0. The fraction of sp³-hybridized carbons (Fsp3) is 0.545. The average Bonchev–Trinajstić information content (AvgIpc) is 2.84. The molecule has 3 rings (SSSR count). The molecule has 0 saturated carbocycles. The highest BCUT2D eigenvalue weighted by Gasteiger charge is 2.28. The van der Waals surface area contributed by atoms with E-state index in [0.29, 0.717) is 52.1 Å². The second kappa shape index (κ2) is 11.5. The lowest BCUT2D eigenvalue weighted by Crippen LogP contribution is -2.52. The van der Waals surface area contributed by atoms with Crippen LogP contribution in [0.15, 0.2) is 28.2 Å². The number of nitrogens with zero attached hydrogens (tertiary/aromatic N) is 6. The highest BCUT2D eigenvalue weighted by atomic mass is 16.2. The fourth-order valence-electron chi connectivity index (χ4n) is 3.92. The van der Waals surface area contributed by atoms with Crippen molar-refractivity contribution in [1.29, 1.82) is 0 Å². The molecule has 0 spiro atoms. The number of nitrogens with one attached hydrogen (secondary N) is 1. The normalized spacial score (nSPS) is 14.2. The first-order valence-corrected chi connectivity index (χ1v) is 11.6. The molecule has 3 N–H and O–H groups in total. The zero-order chi connectivity index (χ0) is 24.7. The van der Waals surface area contributed by atoms with Crippen molar-refractivity contribution in [3.63, 3.8) is 0 Å². The van der Waals surface area contributed by atoms with Crippen molar-refractivity contribution in [3.05, 3.63) is 45.1 Å². The third kappa shape index (κ3) is 5.68. The Hall–Kier alpha value is -3.54. The molecule has 2 aromatic heterocycles. The summed E-state index contributed by atoms with van der Waals surface area (Å²) in [5.41, 5.74) is 5.25. The molecule has 1 fully saturated rings. The summed E-state index contributed by atoms with van der Waals surface area (Å²) >= 11 is 0. The van der Waals surface area contributed by atoms with Gasteiger partial charge in [0.05, 0.1) is 12.7 Å². The van der Waals surface area contributed by atoms with Crippen LogP contribution in [0.25, 0.3) is 0 Å². The summed E-state index contributed by atoms with van der Waals surface area (Å²) in [6.45, 7) is 6.50. The summed E-state index contributed by atoms with van der Waals surface area (Å²) in [6.07, 6.45) is 6.57. The molecule has 12 heteroatoms. The van der Waals surface area contributed by atoms with E-state index in [9.17, 15) is 19.2 Å². The second-order valence-corrected chi connectivity index (χ2v) is 8.20. The zero-order valence-corrected chi connectivity index (χ0v) is 19.7. The minimum atomic E-state index is -0.668. The highest BCUT2D eigenvalue weighted by molar-refractivity contribution is 5.97. The van der Waals surface area contributed by atoms with Crippen molar-refractivity contribution >= 4 is 23.3 Å². The lowest BCUT2D eigenvalue weighted by atomic mass is 10.2. The Morgan fingerprint density at radius 2 is 1.85 bits per heavy atom. The number of rotatable bonds is 9. The van der Waals surface area contributed by atoms with Gasteiger partial charge < -0.3 is 15.5 Å². The Labute approximate surface area is 197 Å². The minimum absolute atomic E-state index is 0.000519. The van der Waals surface area contributed by atoms with Crippen molar-refractivity contribution in [2.24, 2.45) is 0 Å². The van der Waals surface area contributed by atoms with Gasteiger partial charge in [0.2, 0.25) is 5.91 Å². The summed E-state index contributed by atoms with van der Waals surface area (Å²) in [6, 6.07) is 0. The van der Waals surface area contributed by atoms with Gasteiger partial charge in [-0.2, -0.15) is 0 Å². The monoisotopic (exact) mass is 472 g/mol. The van der Waals surface area contributed by atoms with Crippen LogP contribution in [0, 0.1) is 0 Å². The molecule has 1 aliphatic heterocycles. The van der Waals surface area contributed by atoms with Crippen LogP contribution in [0.5, 0.6) is 0 Å². The van der Waals surface area contributed by atoms with Crippen LogP contribution in [0.2, 0.25) is 0 Å². The predicted octanol–water partition coefficient (Wildman–Crippen LogP) is -0.0901. The van der Waals surface area contributed by atoms with E-state index in [1.54, 1.807) is 4.90 Å². The summed E-state index contributed by atoms with van der Waals surface area (Å²) in [4.78, 5) is 66.0. The van der Waals surface area contributed by atoms with Crippen molar-refractivity contribution in [2.45, 2.75) is 39.7 Å². The lowest BCUT2D eigenvalue weighted by molar-refractivity contribution is -0.120. The fourth-order valence-corrected chi connectivity index (χ4v) is 3.92. The number of aromatic amines is 1. The summed E-state index contributed by atoms with van der Waals surface area (Å²) in [7, 11) is 0. The van der Waals surface area contributed by atoms with Crippen LogP contribution in [0.4, 0.5) is 11.5 Å². The topological polar surface area (TPSA) is 151 Å². The van der Waals surface area contributed by atoms with Gasteiger partial charge in [-0.1, -0.05) is 20.3 Å². The Kier molecular flexibility index (Phi) is 8.52. The van der Waals surface area contributed by atoms with Crippen LogP contribution in [0.3, 0.4) is 0 Å². The van der Waals surface area contributed by atoms with Gasteiger partial charge in [-0.3, -0.25) is 33.8 Å². The predicted molar refractivity (Wildman–Crippen MR) is 128 cm³/mol. The molecule has 0 aromatic carbocycles. The molecule has 2 amide bonds. The van der Waals surface area contributed by atoms with Crippen molar-refractivity contribution in [3.8, 4) is 0 Å². The average molecular weight is 473 g/mol. The molecule has 0 atom stereocenters. The molecule has 0 aliphatic carbocycles. The molecular formula is C22H32N8O4. The van der Waals surface area contributed by atoms with E-state index in [1.807, 2.05) is 18.7 Å². The third-order valence-electron chi connectivity index (χ3n) is 5.77. The third-order valence-corrected chi connectivity index (χ3v) is 5.77. The molecule has 3 heterocycles. The quantitative estimate of drug-likeness (QED) is 0.514. The smallest absolute Gasteiger partial charge is 0.330 e. The molecule has 12 nitrogen and oxygen atoms in total. The molecule has 34 heavy (non-hydrogen) atoms. The van der Waals surface area contributed by atoms with Gasteiger partial charge in [0.1, 0.15) is 11.5 Å². The van der Waals surface area contributed by atoms with E-state index in [0.717, 1.165) is 6.42 Å². The number of nitrogens with two attached hydrogens (primary N) is 1. The molecule has 0 radical (unpaired) electrons. The first kappa shape index (κ1) is 25.1. The Morgan fingerprint density at radius 3 is 2.47 bits per heavy atom. The van der Waals surface area contributed by atoms with E-state index in [-0.39, 0.29) is 35.6 Å². The van der Waals surface area contributed by atoms with Gasteiger partial charge in [0.25, 0.3) is 11.5 Å². The number of amides is 2. The minimum Gasteiger partial charge on any atom is -0.383 e. The van der Waals surface area contributed by atoms with Crippen molar-refractivity contribution in [2.75, 3.05) is 49.9 Å². The SMILES string of the molecule is CCCCN(C(=O)CN1CCN(C(=O)c2cnccn2)CC1)c1c(N)n(CCC)c(=O)[nH]c1=O. The molecule has 0 unspecified atom stereocenters. The number of unbranched alkanes of at least 4 members (excludes halogenated alkanes) is 1. The maximum atomic E-state index is 13.3. The first-order valence-electron chi connectivity index (χ1n) is 11.6. The second-order valence-electron chi connectivity index (χ2n) is 8.20. The van der Waals surface area contributed by atoms with E-state index in [1.165, 1.54) is 28.1 Å². The van der Waals surface area contributed by atoms with Crippen LogP contribution in [-0.4, -0.2) is 80.4 Å². The summed E-state index contributed by atoms with van der Waals surface area (Å²) in [5.74, 6) is -0.471. The number of hydrogen-bond acceptors (Lipinski definition) is 8. The van der Waals surface area contributed by atoms with E-state index in [4.69, 9.17) is 5.73 Å². The van der Waals surface area contributed by atoms with Gasteiger partial charge in [0, 0.05) is 51.7 Å². The maximum Gasteiger partial charge on any atom is 0.330 e. The Balaban J connectivity index is 1.73. The van der Waals surface area contributed by atoms with Gasteiger partial charge in [-0.25, -0.2) is 9.78 Å². The number of piperazine rings is 1. The molecule has 184 valence electrons. The Morgan fingerprint density at radius 1 is 1.12 bits per heavy atom. The number of carbonyl (C=O) groups excluding carboxylic acids is 2. The van der Waals surface area contributed by atoms with Crippen LogP contribution < -0.4 is 21.9 Å². The molecule has 1 aliphatic rings. The number of aromatic nitrogens is 4. The maximum absolute atomic E-state index is 13.3. The molecule has 2 aromatic rings. The first-order chi connectivity index (χ1) is 16.4. The van der Waals surface area contributed by atoms with Gasteiger partial charge in [0.15, 0.2) is 5.69 Å². The lowest BCUT2D eigenvalue weighted by Gasteiger charge is -2.35. The van der Waals surface area contributed by atoms with Crippen LogP contribution >= 0.6 is 0 Å². The van der Waals surface area contributed by atoms with Gasteiger partial charge >= 0.3 is 5.69 Å². The number of nitrogen functional groups attached to an aromatic ring is 1. The van der Waals surface area contributed by atoms with Gasteiger partial charge in [-0.15, -0.1) is 0 Å². The van der Waals surface area contributed by atoms with E-state index in [2.05, 4.69) is 15.0 Å². The molecule has 0 bridgehead atoms. The van der Waals surface area contributed by atoms with Crippen molar-refractivity contribution < 1.29 is 9.59 Å². The van der Waals surface area contributed by atoms with E-state index < -0.39 is 11.2 Å². The van der Waals surface area contributed by atoms with Gasteiger partial charge in [-0.05, 0) is 12.8 Å². The number of hydrogen-bond donors (Lipinski definition) is 2. The van der Waals surface area contributed by atoms with E-state index >= 15 is 0 Å². The van der Waals surface area contributed by atoms with Crippen molar-refractivity contribution in [1.82, 2.24) is 29.3 Å². The van der Waals surface area contributed by atoms with Crippen LogP contribution in [-0.2, 0) is 11.3 Å². The van der Waals surface area contributed by atoms with Crippen LogP contribution in [0.1, 0.15) is 43.6 Å². The number of carbonyl (C=O) groups is 2. The summed E-state index contributed by atoms with van der Waals surface area (Å²) < 4.78 is 1.29. The zero-order valence-electron chi connectivity index (χ0n) is 19.7. The standard InChI is InChI=1S/C22H32N8O4/c1-3-5-9-29(18-19(23)30(8-4-2)22(34)26-20(18)32)17(31)15-27-10-12-28(13-11-27)21(33)16-14-24-6-7-25-16/h6-7,14H,3-5,8-13,15,23H2,1-2H3,(H,26,32,34). The largest absolute Gasteiger partial charge is 0.383 e. The Bertz CT molecular complexity index is 1110. The number of H-pyrrole nitrogens is 1. The number of anilines is 2. The highest BCUT2D eigenvalue weighted by Crippen LogP contribution is 2.19. The molecule has 1 saturated heterocycles.